The third kappa shape index (κ3) is 6.95. The zero-order valence-electron chi connectivity index (χ0n) is 33.7. The Morgan fingerprint density at radius 3 is 2.11 bits per heavy atom. The maximum atomic E-state index is 15.5. The Bertz CT molecular complexity index is 2810. The lowest BCUT2D eigenvalue weighted by Gasteiger charge is -2.50. The fourth-order valence-corrected chi connectivity index (χ4v) is 10.1. The molecule has 0 bridgehead atoms. The molecule has 0 spiro atoms. The van der Waals surface area contributed by atoms with Crippen molar-refractivity contribution in [3.8, 4) is 5.75 Å². The van der Waals surface area contributed by atoms with E-state index < -0.39 is 92.8 Å². The summed E-state index contributed by atoms with van der Waals surface area (Å²) in [6.07, 6.45) is -2.61. The number of hydrogen-bond donors (Lipinski definition) is 2. The Kier molecular flexibility index (Phi) is 10.6. The summed E-state index contributed by atoms with van der Waals surface area (Å²) in [5.74, 6) is -10.1. The Hall–Kier alpha value is -6.65. The maximum Gasteiger partial charge on any atom is 0.417 e. The van der Waals surface area contributed by atoms with Crippen LogP contribution in [0.3, 0.4) is 0 Å². The second-order valence-electron chi connectivity index (χ2n) is 16.3. The predicted octanol–water partition coefficient (Wildman–Crippen LogP) is 9.92. The number of phenols is 1. The van der Waals surface area contributed by atoms with Crippen LogP contribution in [0.25, 0.3) is 0 Å². The Labute approximate surface area is 372 Å². The van der Waals surface area contributed by atoms with Crippen molar-refractivity contribution in [3.05, 3.63) is 147 Å². The summed E-state index contributed by atoms with van der Waals surface area (Å²) >= 11 is 12.6. The molecule has 1 saturated carbocycles. The first-order valence-electron chi connectivity index (χ1n) is 20.0. The van der Waals surface area contributed by atoms with E-state index in [1.54, 1.807) is 42.5 Å². The molecule has 4 amide bonds. The number of azo groups is 1. The average Bonchev–Trinajstić information content (AvgIpc) is 3.65. The summed E-state index contributed by atoms with van der Waals surface area (Å²) in [5.41, 5.74) is 2.81. The van der Waals surface area contributed by atoms with Gasteiger partial charge in [0.2, 0.25) is 11.8 Å². The molecular weight excluding hydrogens is 877 g/mol. The second-order valence-corrected chi connectivity index (χ2v) is 17.1. The van der Waals surface area contributed by atoms with Crippen molar-refractivity contribution in [2.45, 2.75) is 30.4 Å². The Morgan fingerprint density at radius 1 is 0.844 bits per heavy atom. The van der Waals surface area contributed by atoms with E-state index >= 15 is 9.18 Å². The van der Waals surface area contributed by atoms with Crippen LogP contribution in [-0.2, 0) is 30.8 Å². The molecule has 2 N–H and O–H groups in total. The number of rotatable bonds is 8. The highest BCUT2D eigenvalue weighted by Gasteiger charge is 2.70. The van der Waals surface area contributed by atoms with Crippen LogP contribution in [0.15, 0.2) is 125 Å². The summed E-state index contributed by atoms with van der Waals surface area (Å²) in [6.45, 7) is 0. The van der Waals surface area contributed by atoms with Gasteiger partial charge in [-0.25, -0.2) is 9.37 Å². The van der Waals surface area contributed by atoms with Crippen molar-refractivity contribution >= 4 is 75.4 Å². The number of alkyl halides is 3. The van der Waals surface area contributed by atoms with Crippen molar-refractivity contribution in [2.75, 3.05) is 29.3 Å². The minimum Gasteiger partial charge on any atom is -0.505 e. The van der Waals surface area contributed by atoms with E-state index in [4.69, 9.17) is 23.2 Å². The molecule has 4 aromatic carbocycles. The fraction of sp³-hybridized carbons (Fsp3) is 0.239. The van der Waals surface area contributed by atoms with Crippen LogP contribution in [0.1, 0.15) is 35.4 Å². The zero-order chi connectivity index (χ0) is 45.4. The van der Waals surface area contributed by atoms with Crippen LogP contribution in [0.4, 0.5) is 46.1 Å². The topological polar surface area (TPSA) is 148 Å². The van der Waals surface area contributed by atoms with Gasteiger partial charge in [-0.05, 0) is 109 Å². The molecule has 64 heavy (non-hydrogen) atoms. The van der Waals surface area contributed by atoms with Crippen molar-refractivity contribution in [3.63, 3.8) is 0 Å². The van der Waals surface area contributed by atoms with E-state index in [0.717, 1.165) is 22.7 Å². The van der Waals surface area contributed by atoms with E-state index in [1.807, 2.05) is 43.3 Å². The SMILES string of the molecule is CN(C)c1ccc(N=Nc2ccc(N3C(=O)[C@H]4[C@H](CC=C5[C@H]4C[C@H]4C(=O)N(Nc6ncc(C(F)(F)F)cc6Cl)C(=O)[C@@]4(c4ccc(Cl)cc4)[C@H]5c4ccc(O)c(F)c4)C3=O)cc2)cc1. The number of benzene rings is 4. The molecule has 2 saturated heterocycles. The van der Waals surface area contributed by atoms with Gasteiger partial charge in [0.25, 0.3) is 11.8 Å². The fourth-order valence-electron chi connectivity index (χ4n) is 9.72. The van der Waals surface area contributed by atoms with E-state index in [2.05, 4.69) is 20.6 Å². The number of aromatic nitrogens is 1. The summed E-state index contributed by atoms with van der Waals surface area (Å²) in [7, 11) is 3.85. The minimum atomic E-state index is -4.79. The molecule has 2 aliphatic heterocycles. The molecule has 9 rings (SSSR count). The molecule has 2 aliphatic carbocycles. The average molecular weight is 913 g/mol. The molecule has 18 heteroatoms. The van der Waals surface area contributed by atoms with Gasteiger partial charge in [0, 0.05) is 36.9 Å². The van der Waals surface area contributed by atoms with Crippen molar-refractivity contribution in [2.24, 2.45) is 33.9 Å². The number of aromatic hydroxyl groups is 1. The number of halogens is 6. The molecule has 0 unspecified atom stereocenters. The van der Waals surface area contributed by atoms with Crippen LogP contribution in [0, 0.1) is 29.5 Å². The number of nitrogens with zero attached hydrogens (tertiary/aromatic N) is 6. The maximum absolute atomic E-state index is 15.5. The van der Waals surface area contributed by atoms with Crippen LogP contribution in [0.2, 0.25) is 10.0 Å². The minimum absolute atomic E-state index is 0.0596. The zero-order valence-corrected chi connectivity index (χ0v) is 35.2. The number of imide groups is 2. The third-order valence-corrected chi connectivity index (χ3v) is 13.2. The summed E-state index contributed by atoms with van der Waals surface area (Å²) in [4.78, 5) is 66.1. The summed E-state index contributed by atoms with van der Waals surface area (Å²) in [5, 5.41) is 19.3. The van der Waals surface area contributed by atoms with Gasteiger partial charge in [0.15, 0.2) is 17.4 Å². The first kappa shape index (κ1) is 42.6. The lowest BCUT2D eigenvalue weighted by molar-refractivity contribution is -0.139. The number of carbonyl (C=O) groups excluding carboxylic acids is 4. The van der Waals surface area contributed by atoms with Crippen molar-refractivity contribution in [1.29, 1.82) is 0 Å². The molecule has 1 aromatic heterocycles. The van der Waals surface area contributed by atoms with Gasteiger partial charge in [-0.2, -0.15) is 28.4 Å². The first-order valence-corrected chi connectivity index (χ1v) is 20.7. The highest BCUT2D eigenvalue weighted by Crippen LogP contribution is 2.64. The molecule has 0 radical (unpaired) electrons. The molecule has 12 nitrogen and oxygen atoms in total. The smallest absolute Gasteiger partial charge is 0.417 e. The van der Waals surface area contributed by atoms with Crippen LogP contribution in [-0.4, -0.2) is 52.8 Å². The number of fused-ring (bicyclic) bond motifs is 4. The molecule has 3 fully saturated rings. The van der Waals surface area contributed by atoms with Gasteiger partial charge < -0.3 is 10.0 Å². The number of amides is 4. The number of hydrazine groups is 1. The van der Waals surface area contributed by atoms with Gasteiger partial charge in [0.1, 0.15) is 0 Å². The normalized spacial score (nSPS) is 24.2. The van der Waals surface area contributed by atoms with E-state index in [1.165, 1.54) is 18.2 Å². The van der Waals surface area contributed by atoms with Gasteiger partial charge in [-0.3, -0.25) is 29.5 Å². The van der Waals surface area contributed by atoms with Gasteiger partial charge in [0.05, 0.1) is 50.8 Å². The lowest BCUT2D eigenvalue weighted by atomic mass is 9.49. The van der Waals surface area contributed by atoms with E-state index in [0.29, 0.717) is 39.2 Å². The second kappa shape index (κ2) is 15.9. The number of hydrogen-bond acceptors (Lipinski definition) is 10. The standard InChI is InChI=1S/C46H35Cl2F4N7O5/c1-57(2)29-12-8-27(9-13-29)54-55-28-10-14-30(15-11-28)58-41(61)32-17-16-31-33(38(32)43(58)63)21-34-42(62)59(56-40-35(48)20-25(22-53-40)46(50,51)52)44(64)45(34,24-4-6-26(47)7-5-24)39(31)23-3-18-37(60)36(49)19-23/h3-16,18-20,22,32-34,38-39,60H,17,21H2,1-2H3,(H,53,56)/t32-,33+,34-,38-,39-,45+/m0/s1. The first-order chi connectivity index (χ1) is 30.5. The highest BCUT2D eigenvalue weighted by atomic mass is 35.5. The van der Waals surface area contributed by atoms with Crippen LogP contribution in [0.5, 0.6) is 5.75 Å². The third-order valence-electron chi connectivity index (χ3n) is 12.6. The quantitative estimate of drug-likeness (QED) is 0.0677. The number of pyridine rings is 1. The molecule has 6 atom stereocenters. The predicted molar refractivity (Wildman–Crippen MR) is 229 cm³/mol. The van der Waals surface area contributed by atoms with Crippen molar-refractivity contribution < 1.29 is 41.8 Å². The van der Waals surface area contributed by atoms with Gasteiger partial charge in [-0.15, -0.1) is 0 Å². The number of nitrogens with one attached hydrogen (secondary N) is 1. The molecule has 326 valence electrons. The van der Waals surface area contributed by atoms with Gasteiger partial charge in [-0.1, -0.05) is 53.1 Å². The number of phenolic OH excluding ortho intramolecular Hbond substituents is 1. The summed E-state index contributed by atoms with van der Waals surface area (Å²) < 4.78 is 56.1. The number of carbonyl (C=O) groups is 4. The largest absolute Gasteiger partial charge is 0.505 e. The number of anilines is 3. The van der Waals surface area contributed by atoms with E-state index in [-0.39, 0.29) is 29.7 Å². The van der Waals surface area contributed by atoms with Gasteiger partial charge >= 0.3 is 6.18 Å². The Morgan fingerprint density at radius 2 is 1.50 bits per heavy atom. The molecule has 5 aromatic rings. The molecular formula is C46H35Cl2F4N7O5. The van der Waals surface area contributed by atoms with Crippen molar-refractivity contribution in [1.82, 2.24) is 9.99 Å². The Balaban J connectivity index is 1.11. The number of allylic oxidation sites excluding steroid dienone is 2. The highest BCUT2D eigenvalue weighted by molar-refractivity contribution is 6.33. The van der Waals surface area contributed by atoms with E-state index in [9.17, 15) is 32.7 Å². The summed E-state index contributed by atoms with van der Waals surface area (Å²) in [6, 6.07) is 24.2. The molecule has 4 aliphatic rings. The monoisotopic (exact) mass is 911 g/mol. The van der Waals surface area contributed by atoms with Crippen LogP contribution >= 0.6 is 23.2 Å². The van der Waals surface area contributed by atoms with Crippen LogP contribution < -0.4 is 15.2 Å². The molecule has 3 heterocycles. The lowest BCUT2D eigenvalue weighted by Crippen LogP contribution is -2.53.